The molecule has 7 heteroatoms. The molecule has 0 amide bonds. The number of piperidine rings is 2. The topological polar surface area (TPSA) is 50.8 Å². The summed E-state index contributed by atoms with van der Waals surface area (Å²) in [5.41, 5.74) is 0.715. The zero-order valence-electron chi connectivity index (χ0n) is 16.5. The Kier molecular flexibility index (Phi) is 7.62. The van der Waals surface area contributed by atoms with Gasteiger partial charge < -0.3 is 19.7 Å². The maximum Gasteiger partial charge on any atom is 0.302 e. The predicted octanol–water partition coefficient (Wildman–Crippen LogP) is 3.23. The number of nitrogens with one attached hydrogen (secondary N) is 1. The van der Waals surface area contributed by atoms with Crippen LogP contribution in [0, 0.1) is 11.6 Å². The molecule has 3 rings (SSSR count). The molecule has 0 radical (unpaired) electrons. The molecule has 156 valence electrons. The zero-order valence-corrected chi connectivity index (χ0v) is 16.5. The number of ether oxygens (including phenoxy) is 2. The maximum absolute atomic E-state index is 14.5. The van der Waals surface area contributed by atoms with Gasteiger partial charge in [-0.15, -0.1) is 0 Å². The van der Waals surface area contributed by atoms with Crippen molar-refractivity contribution in [2.24, 2.45) is 0 Å². The van der Waals surface area contributed by atoms with Gasteiger partial charge in [-0.3, -0.25) is 4.79 Å². The van der Waals surface area contributed by atoms with E-state index >= 15 is 0 Å². The minimum Gasteiger partial charge on any atom is -0.484 e. The Morgan fingerprint density at radius 1 is 1.14 bits per heavy atom. The Morgan fingerprint density at radius 2 is 1.79 bits per heavy atom. The highest BCUT2D eigenvalue weighted by molar-refractivity contribution is 5.65. The smallest absolute Gasteiger partial charge is 0.302 e. The van der Waals surface area contributed by atoms with Crippen LogP contribution in [-0.2, 0) is 9.53 Å². The van der Waals surface area contributed by atoms with E-state index in [2.05, 4.69) is 10.2 Å². The third-order valence-corrected chi connectivity index (χ3v) is 5.57. The average molecular weight is 396 g/mol. The molecule has 0 bridgehead atoms. The molecule has 0 spiro atoms. The SMILES string of the molecule is CC(=O)OCCCN1CCC(c2cc(F)c(OC3CCNCC3)c(F)c2)CC1. The Balaban J connectivity index is 1.51. The number of hydrogen-bond donors (Lipinski definition) is 1. The van der Waals surface area contributed by atoms with Crippen molar-refractivity contribution in [3.8, 4) is 5.75 Å². The highest BCUT2D eigenvalue weighted by Crippen LogP contribution is 2.33. The molecule has 1 aromatic rings. The van der Waals surface area contributed by atoms with Crippen molar-refractivity contribution in [3.63, 3.8) is 0 Å². The third-order valence-electron chi connectivity index (χ3n) is 5.57. The number of nitrogens with zero attached hydrogens (tertiary/aromatic N) is 1. The predicted molar refractivity (Wildman–Crippen MR) is 103 cm³/mol. The molecule has 2 aliphatic heterocycles. The van der Waals surface area contributed by atoms with Crippen LogP contribution in [0.15, 0.2) is 12.1 Å². The molecular formula is C21H30F2N2O3. The van der Waals surface area contributed by atoms with Crippen LogP contribution in [-0.4, -0.2) is 56.3 Å². The van der Waals surface area contributed by atoms with E-state index < -0.39 is 11.6 Å². The van der Waals surface area contributed by atoms with Crippen molar-refractivity contribution >= 4 is 5.97 Å². The molecule has 28 heavy (non-hydrogen) atoms. The number of halogens is 2. The highest BCUT2D eigenvalue weighted by atomic mass is 19.1. The van der Waals surface area contributed by atoms with Crippen molar-refractivity contribution in [1.29, 1.82) is 0 Å². The lowest BCUT2D eigenvalue weighted by molar-refractivity contribution is -0.141. The van der Waals surface area contributed by atoms with Crippen LogP contribution in [0.3, 0.4) is 0 Å². The molecule has 2 fully saturated rings. The van der Waals surface area contributed by atoms with Gasteiger partial charge in [-0.25, -0.2) is 8.78 Å². The summed E-state index contributed by atoms with van der Waals surface area (Å²) < 4.78 is 39.6. The summed E-state index contributed by atoms with van der Waals surface area (Å²) in [4.78, 5) is 13.1. The molecule has 2 saturated heterocycles. The first-order valence-electron chi connectivity index (χ1n) is 10.2. The molecule has 0 saturated carbocycles. The lowest BCUT2D eigenvalue weighted by atomic mass is 9.89. The van der Waals surface area contributed by atoms with E-state index in [-0.39, 0.29) is 23.7 Å². The molecular weight excluding hydrogens is 366 g/mol. The minimum atomic E-state index is -0.600. The number of rotatable bonds is 7. The van der Waals surface area contributed by atoms with Gasteiger partial charge in [0.1, 0.15) is 6.10 Å². The van der Waals surface area contributed by atoms with Gasteiger partial charge in [-0.2, -0.15) is 0 Å². The van der Waals surface area contributed by atoms with Gasteiger partial charge >= 0.3 is 5.97 Å². The molecule has 0 atom stereocenters. The average Bonchev–Trinajstić information content (AvgIpc) is 2.69. The lowest BCUT2D eigenvalue weighted by Crippen LogP contribution is -2.34. The largest absolute Gasteiger partial charge is 0.484 e. The molecule has 5 nitrogen and oxygen atoms in total. The first-order valence-corrected chi connectivity index (χ1v) is 10.2. The van der Waals surface area contributed by atoms with Gasteiger partial charge in [0.25, 0.3) is 0 Å². The fourth-order valence-electron chi connectivity index (χ4n) is 4.00. The monoisotopic (exact) mass is 396 g/mol. The van der Waals surface area contributed by atoms with Gasteiger partial charge in [0.2, 0.25) is 0 Å². The van der Waals surface area contributed by atoms with Gasteiger partial charge in [-0.05, 0) is 81.9 Å². The van der Waals surface area contributed by atoms with Gasteiger partial charge in [0.05, 0.1) is 6.61 Å². The molecule has 1 N–H and O–H groups in total. The second kappa shape index (κ2) is 10.2. The van der Waals surface area contributed by atoms with E-state index in [1.165, 1.54) is 19.1 Å². The van der Waals surface area contributed by atoms with Gasteiger partial charge in [0, 0.05) is 13.5 Å². The highest BCUT2D eigenvalue weighted by Gasteiger charge is 2.25. The Labute approximate surface area is 165 Å². The van der Waals surface area contributed by atoms with Crippen LogP contribution in [0.1, 0.15) is 50.5 Å². The third kappa shape index (κ3) is 5.88. The number of carbonyl (C=O) groups excluding carboxylic acids is 1. The van der Waals surface area contributed by atoms with Crippen molar-refractivity contribution in [2.75, 3.05) is 39.3 Å². The fourth-order valence-corrected chi connectivity index (χ4v) is 4.00. The number of hydrogen-bond acceptors (Lipinski definition) is 5. The molecule has 2 heterocycles. The van der Waals surface area contributed by atoms with Crippen molar-refractivity contribution in [3.05, 3.63) is 29.3 Å². The van der Waals surface area contributed by atoms with E-state index in [0.29, 0.717) is 12.2 Å². The lowest BCUT2D eigenvalue weighted by Gasteiger charge is -2.32. The normalized spacial score (nSPS) is 19.5. The van der Waals surface area contributed by atoms with Gasteiger partial charge in [0.15, 0.2) is 17.4 Å². The number of esters is 1. The summed E-state index contributed by atoms with van der Waals surface area (Å²) in [6.07, 6.45) is 3.91. The van der Waals surface area contributed by atoms with Crippen LogP contribution in [0.4, 0.5) is 8.78 Å². The van der Waals surface area contributed by atoms with Crippen LogP contribution in [0.2, 0.25) is 0 Å². The molecule has 0 unspecified atom stereocenters. The van der Waals surface area contributed by atoms with Crippen LogP contribution in [0.5, 0.6) is 5.75 Å². The second-order valence-corrected chi connectivity index (χ2v) is 7.69. The summed E-state index contributed by atoms with van der Waals surface area (Å²) in [6.45, 7) is 6.09. The first kappa shape index (κ1) is 21.0. The van der Waals surface area contributed by atoms with Crippen molar-refractivity contribution < 1.29 is 23.0 Å². The number of likely N-dealkylation sites (tertiary alicyclic amines) is 1. The summed E-state index contributed by atoms with van der Waals surface area (Å²) in [5, 5.41) is 3.21. The Morgan fingerprint density at radius 3 is 2.39 bits per heavy atom. The zero-order chi connectivity index (χ0) is 19.9. The van der Waals surface area contributed by atoms with E-state index in [1.54, 1.807) is 0 Å². The summed E-state index contributed by atoms with van der Waals surface area (Å²) in [5.74, 6) is -1.54. The van der Waals surface area contributed by atoms with Crippen molar-refractivity contribution in [1.82, 2.24) is 10.2 Å². The van der Waals surface area contributed by atoms with E-state index in [0.717, 1.165) is 64.8 Å². The fraction of sp³-hybridized carbons (Fsp3) is 0.667. The van der Waals surface area contributed by atoms with Crippen LogP contribution < -0.4 is 10.1 Å². The number of benzene rings is 1. The van der Waals surface area contributed by atoms with E-state index in [1.807, 2.05) is 0 Å². The van der Waals surface area contributed by atoms with Crippen molar-refractivity contribution in [2.45, 2.75) is 51.0 Å². The first-order chi connectivity index (χ1) is 13.5. The number of carbonyl (C=O) groups is 1. The second-order valence-electron chi connectivity index (χ2n) is 7.69. The Bertz CT molecular complexity index is 634. The van der Waals surface area contributed by atoms with Gasteiger partial charge in [-0.1, -0.05) is 0 Å². The van der Waals surface area contributed by atoms with Crippen LogP contribution in [0.25, 0.3) is 0 Å². The standard InChI is InChI=1S/C21H30F2N2O3/c1-15(26)27-12-2-9-25-10-5-16(6-11-25)17-13-19(22)21(20(23)14-17)28-18-3-7-24-8-4-18/h13-14,16,18,24H,2-12H2,1H3. The summed E-state index contributed by atoms with van der Waals surface area (Å²) in [7, 11) is 0. The molecule has 0 aromatic heterocycles. The molecule has 0 aliphatic carbocycles. The summed E-state index contributed by atoms with van der Waals surface area (Å²) >= 11 is 0. The maximum atomic E-state index is 14.5. The molecule has 1 aromatic carbocycles. The minimum absolute atomic E-state index is 0.133. The molecule has 2 aliphatic rings. The van der Waals surface area contributed by atoms with Crippen LogP contribution >= 0.6 is 0 Å². The van der Waals surface area contributed by atoms with E-state index in [9.17, 15) is 13.6 Å². The quantitative estimate of drug-likeness (QED) is 0.567. The Hall–Kier alpha value is -1.73. The summed E-state index contributed by atoms with van der Waals surface area (Å²) in [6, 6.07) is 2.89. The van der Waals surface area contributed by atoms with E-state index in [4.69, 9.17) is 9.47 Å².